The summed E-state index contributed by atoms with van der Waals surface area (Å²) in [6.07, 6.45) is 4.61. The van der Waals surface area contributed by atoms with E-state index >= 15 is 0 Å². The molecule has 8 nitrogen and oxygen atoms in total. The molecule has 1 amide bonds. The molecule has 0 saturated carbocycles. The van der Waals surface area contributed by atoms with Gasteiger partial charge in [-0.2, -0.15) is 4.98 Å². The zero-order valence-electron chi connectivity index (χ0n) is 12.1. The van der Waals surface area contributed by atoms with E-state index in [1.54, 1.807) is 23.2 Å². The number of likely N-dealkylation sites (tertiary alicyclic amines) is 1. The van der Waals surface area contributed by atoms with Crippen molar-refractivity contribution in [3.8, 4) is 11.9 Å². The molecule has 1 saturated heterocycles. The van der Waals surface area contributed by atoms with Crippen LogP contribution in [0.2, 0.25) is 0 Å². The van der Waals surface area contributed by atoms with Gasteiger partial charge in [0.2, 0.25) is 11.6 Å². The molecule has 0 spiro atoms. The van der Waals surface area contributed by atoms with Crippen molar-refractivity contribution in [2.24, 2.45) is 0 Å². The van der Waals surface area contributed by atoms with Crippen LogP contribution in [0.15, 0.2) is 29.0 Å². The Morgan fingerprint density at radius 1 is 1.41 bits per heavy atom. The first-order chi connectivity index (χ1) is 10.8. The van der Waals surface area contributed by atoms with Gasteiger partial charge in [-0.3, -0.25) is 4.79 Å². The summed E-state index contributed by atoms with van der Waals surface area (Å²) >= 11 is 0. The van der Waals surface area contributed by atoms with E-state index in [-0.39, 0.29) is 23.8 Å². The molecule has 3 heterocycles. The molecule has 8 heteroatoms. The number of hydrogen-bond donors (Lipinski definition) is 0. The van der Waals surface area contributed by atoms with Crippen molar-refractivity contribution in [1.29, 1.82) is 0 Å². The highest BCUT2D eigenvalue weighted by Gasteiger charge is 2.27. The molecule has 3 rings (SSSR count). The van der Waals surface area contributed by atoms with Crippen LogP contribution in [0, 0.1) is 0 Å². The summed E-state index contributed by atoms with van der Waals surface area (Å²) in [4.78, 5) is 22.0. The van der Waals surface area contributed by atoms with Gasteiger partial charge in [0.05, 0.1) is 19.9 Å². The Morgan fingerprint density at radius 3 is 3.09 bits per heavy atom. The lowest BCUT2D eigenvalue weighted by atomic mass is 10.1. The third kappa shape index (κ3) is 3.16. The molecule has 0 N–H and O–H groups in total. The standard InChI is InChI=1S/C14H16N4O4/c1-20-14-15-6-5-12(17-14)21-10-3-2-8-18(9-10)13(19)11-4-7-16-22-11/h4-7,10H,2-3,8-9H2,1H3. The number of hydrogen-bond acceptors (Lipinski definition) is 7. The van der Waals surface area contributed by atoms with Crippen LogP contribution in [-0.2, 0) is 0 Å². The summed E-state index contributed by atoms with van der Waals surface area (Å²) < 4.78 is 15.7. The lowest BCUT2D eigenvalue weighted by Gasteiger charge is -2.31. The van der Waals surface area contributed by atoms with Crippen molar-refractivity contribution >= 4 is 5.91 Å². The monoisotopic (exact) mass is 304 g/mol. The number of aromatic nitrogens is 3. The maximum atomic E-state index is 12.3. The Labute approximate surface area is 127 Å². The van der Waals surface area contributed by atoms with Crippen molar-refractivity contribution < 1.29 is 18.8 Å². The highest BCUT2D eigenvalue weighted by atomic mass is 16.5. The fraction of sp³-hybridized carbons (Fsp3) is 0.429. The van der Waals surface area contributed by atoms with Crippen molar-refractivity contribution in [2.75, 3.05) is 20.2 Å². The lowest BCUT2D eigenvalue weighted by molar-refractivity contribution is 0.0490. The number of methoxy groups -OCH3 is 1. The van der Waals surface area contributed by atoms with Crippen LogP contribution in [0.3, 0.4) is 0 Å². The van der Waals surface area contributed by atoms with Crippen LogP contribution in [-0.4, -0.2) is 52.2 Å². The molecule has 2 aromatic rings. The number of carbonyl (C=O) groups excluding carboxylic acids is 1. The molecular formula is C14H16N4O4. The van der Waals surface area contributed by atoms with Gasteiger partial charge in [0.25, 0.3) is 5.91 Å². The third-order valence-corrected chi connectivity index (χ3v) is 3.39. The van der Waals surface area contributed by atoms with Gasteiger partial charge in [-0.1, -0.05) is 5.16 Å². The first kappa shape index (κ1) is 14.3. The minimum Gasteiger partial charge on any atom is -0.472 e. The molecule has 116 valence electrons. The molecule has 0 aromatic carbocycles. The van der Waals surface area contributed by atoms with Crippen LogP contribution >= 0.6 is 0 Å². The number of ether oxygens (including phenoxy) is 2. The predicted molar refractivity (Wildman–Crippen MR) is 74.6 cm³/mol. The van der Waals surface area contributed by atoms with Crippen LogP contribution < -0.4 is 9.47 Å². The zero-order valence-corrected chi connectivity index (χ0v) is 12.1. The normalized spacial score (nSPS) is 18.0. The Balaban J connectivity index is 1.64. The Hall–Kier alpha value is -2.64. The Bertz CT molecular complexity index is 632. The van der Waals surface area contributed by atoms with E-state index in [1.807, 2.05) is 0 Å². The van der Waals surface area contributed by atoms with E-state index in [2.05, 4.69) is 15.1 Å². The highest BCUT2D eigenvalue weighted by molar-refractivity contribution is 5.91. The van der Waals surface area contributed by atoms with E-state index in [0.29, 0.717) is 19.0 Å². The minimum absolute atomic E-state index is 0.125. The maximum Gasteiger partial charge on any atom is 0.319 e. The van der Waals surface area contributed by atoms with Crippen LogP contribution in [0.1, 0.15) is 23.4 Å². The molecule has 1 fully saturated rings. The van der Waals surface area contributed by atoms with Crippen LogP contribution in [0.25, 0.3) is 0 Å². The average molecular weight is 304 g/mol. The molecule has 1 atom stereocenters. The quantitative estimate of drug-likeness (QED) is 0.837. The largest absolute Gasteiger partial charge is 0.472 e. The van der Waals surface area contributed by atoms with Gasteiger partial charge in [-0.05, 0) is 12.8 Å². The molecule has 0 aliphatic carbocycles. The first-order valence-electron chi connectivity index (χ1n) is 7.00. The average Bonchev–Trinajstić information content (AvgIpc) is 3.09. The highest BCUT2D eigenvalue weighted by Crippen LogP contribution is 2.19. The molecule has 2 aromatic heterocycles. The van der Waals surface area contributed by atoms with Crippen molar-refractivity contribution in [3.63, 3.8) is 0 Å². The molecule has 1 aliphatic heterocycles. The fourth-order valence-electron chi connectivity index (χ4n) is 2.36. The van der Waals surface area contributed by atoms with E-state index in [0.717, 1.165) is 12.8 Å². The van der Waals surface area contributed by atoms with Gasteiger partial charge in [-0.15, -0.1) is 0 Å². The van der Waals surface area contributed by atoms with Gasteiger partial charge < -0.3 is 18.9 Å². The summed E-state index contributed by atoms with van der Waals surface area (Å²) in [5.41, 5.74) is 0. The second kappa shape index (κ2) is 6.42. The van der Waals surface area contributed by atoms with Gasteiger partial charge >= 0.3 is 6.01 Å². The van der Waals surface area contributed by atoms with Crippen molar-refractivity contribution in [3.05, 3.63) is 30.3 Å². The summed E-state index contributed by atoms with van der Waals surface area (Å²) in [5.74, 6) is 0.501. The topological polar surface area (TPSA) is 90.6 Å². The fourth-order valence-corrected chi connectivity index (χ4v) is 2.36. The number of rotatable bonds is 4. The lowest BCUT2D eigenvalue weighted by Crippen LogP contribution is -2.44. The molecule has 22 heavy (non-hydrogen) atoms. The van der Waals surface area contributed by atoms with E-state index in [9.17, 15) is 4.79 Å². The second-order valence-corrected chi connectivity index (χ2v) is 4.89. The molecule has 0 radical (unpaired) electrons. The number of amides is 1. The van der Waals surface area contributed by atoms with Gasteiger partial charge in [0, 0.05) is 24.9 Å². The number of nitrogens with zero attached hydrogens (tertiary/aromatic N) is 4. The van der Waals surface area contributed by atoms with Crippen molar-refractivity contribution in [1.82, 2.24) is 20.0 Å². The van der Waals surface area contributed by atoms with Gasteiger partial charge in [0.1, 0.15) is 6.10 Å². The smallest absolute Gasteiger partial charge is 0.319 e. The summed E-state index contributed by atoms with van der Waals surface area (Å²) in [7, 11) is 1.50. The molecular weight excluding hydrogens is 288 g/mol. The van der Waals surface area contributed by atoms with Crippen molar-refractivity contribution in [2.45, 2.75) is 18.9 Å². The molecule has 1 aliphatic rings. The van der Waals surface area contributed by atoms with Gasteiger partial charge in [0.15, 0.2) is 0 Å². The summed E-state index contributed by atoms with van der Waals surface area (Å²) in [6.45, 7) is 1.15. The van der Waals surface area contributed by atoms with Gasteiger partial charge in [-0.25, -0.2) is 4.98 Å². The summed E-state index contributed by atoms with van der Waals surface area (Å²) in [6, 6.07) is 3.48. The van der Waals surface area contributed by atoms with E-state index in [1.165, 1.54) is 13.3 Å². The molecule has 0 bridgehead atoms. The Kier molecular flexibility index (Phi) is 4.17. The third-order valence-electron chi connectivity index (χ3n) is 3.39. The SMILES string of the molecule is COc1nccc(OC2CCCN(C(=O)c3ccno3)C2)n1. The first-order valence-corrected chi connectivity index (χ1v) is 7.00. The maximum absolute atomic E-state index is 12.3. The predicted octanol–water partition coefficient (Wildman–Crippen LogP) is 1.16. The molecule has 1 unspecified atom stereocenters. The zero-order chi connectivity index (χ0) is 15.4. The number of carbonyl (C=O) groups is 1. The van der Waals surface area contributed by atoms with Crippen LogP contribution in [0.5, 0.6) is 11.9 Å². The summed E-state index contributed by atoms with van der Waals surface area (Å²) in [5, 5.41) is 3.56. The van der Waals surface area contributed by atoms with Crippen LogP contribution in [0.4, 0.5) is 0 Å². The van der Waals surface area contributed by atoms with E-state index in [4.69, 9.17) is 14.0 Å². The van der Waals surface area contributed by atoms with E-state index < -0.39 is 0 Å². The Morgan fingerprint density at radius 2 is 2.32 bits per heavy atom. The number of piperidine rings is 1. The minimum atomic E-state index is -0.175. The second-order valence-electron chi connectivity index (χ2n) is 4.89.